The molecule has 1 aromatic carbocycles. The van der Waals surface area contributed by atoms with Crippen molar-refractivity contribution in [3.05, 3.63) is 23.8 Å². The van der Waals surface area contributed by atoms with Gasteiger partial charge in [0, 0.05) is 12.1 Å². The zero-order valence-corrected chi connectivity index (χ0v) is 9.77. The molecule has 2 aromatic rings. The number of carbonyl (C=O) groups excluding carboxylic acids is 2. The summed E-state index contributed by atoms with van der Waals surface area (Å²) in [6.45, 7) is 0.238. The number of rotatable bonds is 4. The monoisotopic (exact) mass is 248 g/mol. The minimum absolute atomic E-state index is 0.147. The highest BCUT2D eigenvalue weighted by molar-refractivity contribution is 5.97. The maximum Gasteiger partial charge on any atom is 0.307 e. The number of nitrogens with one attached hydrogen (secondary N) is 2. The van der Waals surface area contributed by atoms with E-state index >= 15 is 0 Å². The van der Waals surface area contributed by atoms with Gasteiger partial charge in [0.25, 0.3) is 5.91 Å². The number of fused-ring (bicyclic) bond motifs is 1. The topological polar surface area (TPSA) is 97.0 Å². The molecule has 1 amide bonds. The lowest BCUT2D eigenvalue weighted by atomic mass is 10.2. The van der Waals surface area contributed by atoms with Gasteiger partial charge in [0.2, 0.25) is 0 Å². The Morgan fingerprint density at radius 3 is 2.89 bits per heavy atom. The highest BCUT2D eigenvalue weighted by Gasteiger charge is 2.08. The number of hydrogen-bond acceptors (Lipinski definition) is 5. The Morgan fingerprint density at radius 1 is 1.33 bits per heavy atom. The second kappa shape index (κ2) is 5.26. The van der Waals surface area contributed by atoms with Crippen LogP contribution in [-0.4, -0.2) is 40.9 Å². The molecule has 7 heteroatoms. The third-order valence-corrected chi connectivity index (χ3v) is 2.42. The Labute approximate surface area is 103 Å². The molecule has 0 radical (unpaired) electrons. The molecule has 7 nitrogen and oxygen atoms in total. The fraction of sp³-hybridized carbons (Fsp3) is 0.273. The molecule has 0 bridgehead atoms. The van der Waals surface area contributed by atoms with Crippen LogP contribution in [0.15, 0.2) is 18.2 Å². The van der Waals surface area contributed by atoms with Crippen LogP contribution in [0.2, 0.25) is 0 Å². The summed E-state index contributed by atoms with van der Waals surface area (Å²) in [5, 5.41) is 12.9. The van der Waals surface area contributed by atoms with Crippen LogP contribution in [0.1, 0.15) is 16.8 Å². The van der Waals surface area contributed by atoms with Crippen LogP contribution in [0.25, 0.3) is 11.0 Å². The zero-order valence-electron chi connectivity index (χ0n) is 9.77. The standard InChI is InChI=1S/C11H12N4O3/c1-18-10(16)4-5-12-11(17)7-2-3-8-9(6-7)14-15-13-8/h2-3,6H,4-5H2,1H3,(H,12,17)(H,13,14,15). The number of aromatic amines is 1. The Morgan fingerprint density at radius 2 is 2.11 bits per heavy atom. The first-order chi connectivity index (χ1) is 8.70. The zero-order chi connectivity index (χ0) is 13.0. The molecule has 94 valence electrons. The van der Waals surface area contributed by atoms with Gasteiger partial charge >= 0.3 is 5.97 Å². The Balaban J connectivity index is 1.97. The van der Waals surface area contributed by atoms with Gasteiger partial charge in [0.05, 0.1) is 13.5 Å². The van der Waals surface area contributed by atoms with Crippen LogP contribution in [-0.2, 0) is 9.53 Å². The number of esters is 1. The molecule has 1 aromatic heterocycles. The van der Waals surface area contributed by atoms with E-state index in [0.717, 1.165) is 0 Å². The lowest BCUT2D eigenvalue weighted by molar-refractivity contribution is -0.140. The third kappa shape index (κ3) is 2.62. The van der Waals surface area contributed by atoms with Crippen molar-refractivity contribution in [1.82, 2.24) is 20.7 Å². The van der Waals surface area contributed by atoms with Gasteiger partial charge < -0.3 is 10.1 Å². The van der Waals surface area contributed by atoms with Crippen LogP contribution >= 0.6 is 0 Å². The number of hydrogen-bond donors (Lipinski definition) is 2. The highest BCUT2D eigenvalue weighted by Crippen LogP contribution is 2.10. The lowest BCUT2D eigenvalue weighted by Gasteiger charge is -2.04. The largest absolute Gasteiger partial charge is 0.469 e. The Kier molecular flexibility index (Phi) is 3.52. The van der Waals surface area contributed by atoms with Gasteiger partial charge in [-0.2, -0.15) is 15.4 Å². The summed E-state index contributed by atoms with van der Waals surface area (Å²) in [6, 6.07) is 4.98. The molecule has 0 unspecified atom stereocenters. The van der Waals surface area contributed by atoms with Gasteiger partial charge in [-0.15, -0.1) is 0 Å². The summed E-state index contributed by atoms with van der Waals surface area (Å²) in [5.41, 5.74) is 1.79. The molecular formula is C11H12N4O3. The Bertz CT molecular complexity index is 578. The SMILES string of the molecule is COC(=O)CCNC(=O)c1ccc2n[nH]nc2c1. The summed E-state index contributed by atoms with van der Waals surface area (Å²) in [5.74, 6) is -0.619. The number of amides is 1. The van der Waals surface area contributed by atoms with Crippen LogP contribution in [0, 0.1) is 0 Å². The van der Waals surface area contributed by atoms with E-state index in [2.05, 4.69) is 25.5 Å². The van der Waals surface area contributed by atoms with E-state index in [1.54, 1.807) is 18.2 Å². The summed E-state index contributed by atoms with van der Waals surface area (Å²) in [7, 11) is 1.31. The van der Waals surface area contributed by atoms with Gasteiger partial charge in [-0.25, -0.2) is 0 Å². The predicted octanol–water partition coefficient (Wildman–Crippen LogP) is 0.251. The Hall–Kier alpha value is -2.44. The molecule has 2 rings (SSSR count). The maximum absolute atomic E-state index is 11.8. The van der Waals surface area contributed by atoms with E-state index < -0.39 is 0 Å². The molecule has 0 fully saturated rings. The molecule has 2 N–H and O–H groups in total. The highest BCUT2D eigenvalue weighted by atomic mass is 16.5. The second-order valence-electron chi connectivity index (χ2n) is 3.61. The van der Waals surface area contributed by atoms with Crippen molar-refractivity contribution in [2.75, 3.05) is 13.7 Å². The number of methoxy groups -OCH3 is 1. The van der Waals surface area contributed by atoms with E-state index in [1.165, 1.54) is 7.11 Å². The number of H-pyrrole nitrogens is 1. The van der Waals surface area contributed by atoms with E-state index in [1.807, 2.05) is 0 Å². The summed E-state index contributed by atoms with van der Waals surface area (Å²) < 4.78 is 4.47. The molecule has 0 atom stereocenters. The van der Waals surface area contributed by atoms with Crippen molar-refractivity contribution in [3.63, 3.8) is 0 Å². The van der Waals surface area contributed by atoms with E-state index in [9.17, 15) is 9.59 Å². The van der Waals surface area contributed by atoms with Crippen LogP contribution in [0.3, 0.4) is 0 Å². The maximum atomic E-state index is 11.8. The quantitative estimate of drug-likeness (QED) is 0.756. The van der Waals surface area contributed by atoms with Crippen molar-refractivity contribution in [2.45, 2.75) is 6.42 Å². The molecule has 0 saturated heterocycles. The smallest absolute Gasteiger partial charge is 0.307 e. The van der Waals surface area contributed by atoms with Crippen molar-refractivity contribution >= 4 is 22.9 Å². The van der Waals surface area contributed by atoms with Crippen LogP contribution < -0.4 is 5.32 Å². The fourth-order valence-electron chi connectivity index (χ4n) is 1.46. The summed E-state index contributed by atoms with van der Waals surface area (Å²) in [4.78, 5) is 22.6. The number of carbonyl (C=O) groups is 2. The molecule has 0 aliphatic carbocycles. The van der Waals surface area contributed by atoms with Crippen molar-refractivity contribution in [2.24, 2.45) is 0 Å². The normalized spacial score (nSPS) is 10.3. The van der Waals surface area contributed by atoms with Crippen molar-refractivity contribution in [1.29, 1.82) is 0 Å². The van der Waals surface area contributed by atoms with E-state index in [4.69, 9.17) is 0 Å². The second-order valence-corrected chi connectivity index (χ2v) is 3.61. The first-order valence-electron chi connectivity index (χ1n) is 5.36. The molecule has 18 heavy (non-hydrogen) atoms. The lowest BCUT2D eigenvalue weighted by Crippen LogP contribution is -2.26. The van der Waals surface area contributed by atoms with Crippen LogP contribution in [0.5, 0.6) is 0 Å². The minimum Gasteiger partial charge on any atom is -0.469 e. The average molecular weight is 248 g/mol. The van der Waals surface area contributed by atoms with Crippen molar-refractivity contribution < 1.29 is 14.3 Å². The predicted molar refractivity (Wildman–Crippen MR) is 62.9 cm³/mol. The van der Waals surface area contributed by atoms with Crippen molar-refractivity contribution in [3.8, 4) is 0 Å². The van der Waals surface area contributed by atoms with Gasteiger partial charge in [-0.3, -0.25) is 9.59 Å². The molecule has 0 spiro atoms. The number of ether oxygens (including phenoxy) is 1. The molecule has 0 saturated carbocycles. The first kappa shape index (κ1) is 12.0. The van der Waals surface area contributed by atoms with Gasteiger partial charge in [0.1, 0.15) is 11.0 Å². The molecule has 0 aliphatic rings. The number of benzene rings is 1. The molecule has 1 heterocycles. The van der Waals surface area contributed by atoms with E-state index in [0.29, 0.717) is 16.6 Å². The van der Waals surface area contributed by atoms with Crippen LogP contribution in [0.4, 0.5) is 0 Å². The van der Waals surface area contributed by atoms with Gasteiger partial charge in [0.15, 0.2) is 0 Å². The number of nitrogens with zero attached hydrogens (tertiary/aromatic N) is 2. The summed E-state index contributed by atoms with van der Waals surface area (Å²) >= 11 is 0. The van der Waals surface area contributed by atoms with E-state index in [-0.39, 0.29) is 24.8 Å². The molecular weight excluding hydrogens is 236 g/mol. The third-order valence-electron chi connectivity index (χ3n) is 2.42. The molecule has 0 aliphatic heterocycles. The van der Waals surface area contributed by atoms with Gasteiger partial charge in [-0.05, 0) is 18.2 Å². The minimum atomic E-state index is -0.359. The van der Waals surface area contributed by atoms with Gasteiger partial charge in [-0.1, -0.05) is 0 Å². The summed E-state index contributed by atoms with van der Waals surface area (Å²) in [6.07, 6.45) is 0.147. The number of aromatic nitrogens is 3. The first-order valence-corrected chi connectivity index (χ1v) is 5.36. The fourth-order valence-corrected chi connectivity index (χ4v) is 1.46. The average Bonchev–Trinajstić information content (AvgIpc) is 2.85.